The van der Waals surface area contributed by atoms with Gasteiger partial charge in [-0.1, -0.05) is 0 Å². The predicted molar refractivity (Wildman–Crippen MR) is 40.6 cm³/mol. The van der Waals surface area contributed by atoms with E-state index in [1.807, 2.05) is 0 Å². The van der Waals surface area contributed by atoms with Gasteiger partial charge in [-0.15, -0.1) is 11.6 Å². The van der Waals surface area contributed by atoms with Gasteiger partial charge in [-0.2, -0.15) is 0 Å². The highest BCUT2D eigenvalue weighted by atomic mass is 35.5. The molecule has 72 valence electrons. The quantitative estimate of drug-likeness (QED) is 0.506. The molecule has 0 saturated carbocycles. The number of halogens is 3. The summed E-state index contributed by atoms with van der Waals surface area (Å²) in [6.45, 7) is -0.317. The van der Waals surface area contributed by atoms with Crippen LogP contribution in [-0.4, -0.2) is 38.0 Å². The van der Waals surface area contributed by atoms with Crippen molar-refractivity contribution in [1.82, 2.24) is 5.32 Å². The molecule has 6 heteroatoms. The molecule has 0 aromatic heterocycles. The van der Waals surface area contributed by atoms with Crippen molar-refractivity contribution in [3.63, 3.8) is 0 Å². The monoisotopic (exact) mass is 201 g/mol. The molecule has 0 aromatic rings. The molecule has 12 heavy (non-hydrogen) atoms. The molecule has 0 aliphatic rings. The molecular weight excluding hydrogens is 192 g/mol. The summed E-state index contributed by atoms with van der Waals surface area (Å²) in [5.41, 5.74) is 0. The summed E-state index contributed by atoms with van der Waals surface area (Å²) in [5, 5.41) is 2.37. The summed E-state index contributed by atoms with van der Waals surface area (Å²) >= 11 is 5.14. The van der Waals surface area contributed by atoms with Gasteiger partial charge in [-0.3, -0.25) is 4.79 Å². The molecule has 0 atom stereocenters. The van der Waals surface area contributed by atoms with Gasteiger partial charge in [0, 0.05) is 6.54 Å². The zero-order valence-corrected chi connectivity index (χ0v) is 7.11. The van der Waals surface area contributed by atoms with Crippen molar-refractivity contribution in [2.45, 2.75) is 6.43 Å². The molecule has 0 bridgehead atoms. The van der Waals surface area contributed by atoms with Crippen LogP contribution in [0.15, 0.2) is 0 Å². The van der Waals surface area contributed by atoms with E-state index in [1.165, 1.54) is 0 Å². The molecule has 0 heterocycles. The van der Waals surface area contributed by atoms with Crippen molar-refractivity contribution < 1.29 is 18.3 Å². The molecule has 0 fully saturated rings. The van der Waals surface area contributed by atoms with Gasteiger partial charge < -0.3 is 10.1 Å². The highest BCUT2D eigenvalue weighted by Crippen LogP contribution is 1.91. The highest BCUT2D eigenvalue weighted by Gasteiger charge is 2.01. The molecule has 0 radical (unpaired) electrons. The number of hydrogen-bond donors (Lipinski definition) is 1. The van der Waals surface area contributed by atoms with Crippen LogP contribution >= 0.6 is 11.6 Å². The van der Waals surface area contributed by atoms with E-state index in [-0.39, 0.29) is 24.9 Å². The van der Waals surface area contributed by atoms with Crippen LogP contribution in [-0.2, 0) is 9.53 Å². The normalized spacial score (nSPS) is 10.3. The largest absolute Gasteiger partial charge is 0.374 e. The number of hydrogen-bond acceptors (Lipinski definition) is 2. The maximum atomic E-state index is 11.5. The molecule has 0 rings (SSSR count). The lowest BCUT2D eigenvalue weighted by molar-refractivity contribution is -0.118. The van der Waals surface area contributed by atoms with Gasteiger partial charge in [0.2, 0.25) is 5.91 Å². The molecule has 0 aromatic carbocycles. The average molecular weight is 202 g/mol. The van der Waals surface area contributed by atoms with Crippen LogP contribution in [0.3, 0.4) is 0 Å². The van der Waals surface area contributed by atoms with Gasteiger partial charge in [0.05, 0.1) is 6.61 Å². The molecule has 0 aliphatic carbocycles. The summed E-state index contributed by atoms with van der Waals surface area (Å²) in [6.07, 6.45) is -2.46. The zero-order valence-electron chi connectivity index (χ0n) is 6.36. The fourth-order valence-corrected chi connectivity index (χ4v) is 0.577. The van der Waals surface area contributed by atoms with Crippen molar-refractivity contribution in [3.05, 3.63) is 0 Å². The number of ether oxygens (including phenoxy) is 1. The molecular formula is C6H10ClF2NO2. The van der Waals surface area contributed by atoms with E-state index in [4.69, 9.17) is 11.6 Å². The van der Waals surface area contributed by atoms with E-state index in [1.54, 1.807) is 0 Å². The first-order chi connectivity index (χ1) is 5.66. The first-order valence-electron chi connectivity index (χ1n) is 3.35. The Morgan fingerprint density at radius 1 is 1.58 bits per heavy atom. The minimum Gasteiger partial charge on any atom is -0.374 e. The third-order valence-corrected chi connectivity index (χ3v) is 1.18. The predicted octanol–water partition coefficient (Wildman–Crippen LogP) is 0.623. The van der Waals surface area contributed by atoms with E-state index in [2.05, 4.69) is 10.1 Å². The number of alkyl halides is 3. The molecule has 0 aliphatic heterocycles. The Morgan fingerprint density at radius 3 is 2.75 bits per heavy atom. The first kappa shape index (κ1) is 11.6. The summed E-state index contributed by atoms with van der Waals surface area (Å²) < 4.78 is 27.4. The van der Waals surface area contributed by atoms with E-state index in [0.29, 0.717) is 0 Å². The number of rotatable bonds is 6. The Labute approximate surface area is 74.0 Å². The summed E-state index contributed by atoms with van der Waals surface area (Å²) in [7, 11) is 0. The fourth-order valence-electron chi connectivity index (χ4n) is 0.482. The van der Waals surface area contributed by atoms with Crippen LogP contribution < -0.4 is 5.32 Å². The molecule has 0 unspecified atom stereocenters. The summed E-state index contributed by atoms with van der Waals surface area (Å²) in [6, 6.07) is 0. The van der Waals surface area contributed by atoms with Crippen LogP contribution in [0.5, 0.6) is 0 Å². The Hall–Kier alpha value is -0.420. The van der Waals surface area contributed by atoms with Gasteiger partial charge in [0.1, 0.15) is 12.5 Å². The van der Waals surface area contributed by atoms with Crippen LogP contribution in [0.25, 0.3) is 0 Å². The number of nitrogens with one attached hydrogen (secondary N) is 1. The minimum atomic E-state index is -2.46. The SMILES string of the molecule is O=C(CCl)NCCOCC(F)F. The van der Waals surface area contributed by atoms with Gasteiger partial charge >= 0.3 is 0 Å². The second-order valence-corrected chi connectivity index (χ2v) is 2.22. The third-order valence-electron chi connectivity index (χ3n) is 0.934. The van der Waals surface area contributed by atoms with Crippen molar-refractivity contribution >= 4 is 17.5 Å². The Kier molecular flexibility index (Phi) is 6.99. The first-order valence-corrected chi connectivity index (χ1v) is 3.89. The molecule has 1 amide bonds. The second-order valence-electron chi connectivity index (χ2n) is 1.95. The van der Waals surface area contributed by atoms with Gasteiger partial charge in [-0.25, -0.2) is 8.78 Å². The molecule has 0 saturated heterocycles. The van der Waals surface area contributed by atoms with E-state index in [9.17, 15) is 13.6 Å². The maximum Gasteiger partial charge on any atom is 0.261 e. The third kappa shape index (κ3) is 7.68. The van der Waals surface area contributed by atoms with Gasteiger partial charge in [-0.05, 0) is 0 Å². The lowest BCUT2D eigenvalue weighted by atomic mass is 10.6. The number of amides is 1. The maximum absolute atomic E-state index is 11.5. The standard InChI is InChI=1S/C6H10ClF2NO2/c7-3-6(11)10-1-2-12-4-5(8)9/h5H,1-4H2,(H,10,11). The van der Waals surface area contributed by atoms with Gasteiger partial charge in [0.15, 0.2) is 0 Å². The van der Waals surface area contributed by atoms with E-state index in [0.717, 1.165) is 0 Å². The summed E-state index contributed by atoms with van der Waals surface area (Å²) in [4.78, 5) is 10.5. The second kappa shape index (κ2) is 7.24. The van der Waals surface area contributed by atoms with E-state index >= 15 is 0 Å². The number of carbonyl (C=O) groups excluding carboxylic acids is 1. The van der Waals surface area contributed by atoms with Crippen LogP contribution in [0, 0.1) is 0 Å². The molecule has 3 nitrogen and oxygen atoms in total. The Morgan fingerprint density at radius 2 is 2.25 bits per heavy atom. The molecule has 1 N–H and O–H groups in total. The van der Waals surface area contributed by atoms with Crippen molar-refractivity contribution in [2.75, 3.05) is 25.6 Å². The lowest BCUT2D eigenvalue weighted by Gasteiger charge is -2.03. The van der Waals surface area contributed by atoms with Crippen LogP contribution in [0.2, 0.25) is 0 Å². The average Bonchev–Trinajstić information content (AvgIpc) is 2.03. The van der Waals surface area contributed by atoms with Crippen LogP contribution in [0.4, 0.5) is 8.78 Å². The highest BCUT2D eigenvalue weighted by molar-refractivity contribution is 6.27. The van der Waals surface area contributed by atoms with Gasteiger partial charge in [0.25, 0.3) is 6.43 Å². The minimum absolute atomic E-state index is 0.0764. The topological polar surface area (TPSA) is 38.3 Å². The van der Waals surface area contributed by atoms with Crippen molar-refractivity contribution in [1.29, 1.82) is 0 Å². The van der Waals surface area contributed by atoms with Crippen molar-refractivity contribution in [3.8, 4) is 0 Å². The molecule has 0 spiro atoms. The van der Waals surface area contributed by atoms with Crippen molar-refractivity contribution in [2.24, 2.45) is 0 Å². The number of carbonyl (C=O) groups is 1. The Bertz CT molecular complexity index is 135. The fraction of sp³-hybridized carbons (Fsp3) is 0.833. The van der Waals surface area contributed by atoms with Crippen LogP contribution in [0.1, 0.15) is 0 Å². The smallest absolute Gasteiger partial charge is 0.261 e. The zero-order chi connectivity index (χ0) is 9.40. The lowest BCUT2D eigenvalue weighted by Crippen LogP contribution is -2.28. The van der Waals surface area contributed by atoms with E-state index < -0.39 is 13.0 Å². The summed E-state index contributed by atoms with van der Waals surface area (Å²) in [5.74, 6) is -0.466. The Balaban J connectivity index is 3.05.